The standard InChI is InChI=1S/C16H25N3/c1-12-9-13(11-17)10-16(18-12)19-8-4-7-15(19)14-5-2-3-6-14/h9-10,14-15H,2-8,11,17H2,1H3. The molecule has 19 heavy (non-hydrogen) atoms. The maximum atomic E-state index is 5.80. The fraction of sp³-hybridized carbons (Fsp3) is 0.688. The molecule has 1 saturated heterocycles. The van der Waals surface area contributed by atoms with Gasteiger partial charge >= 0.3 is 0 Å². The van der Waals surface area contributed by atoms with E-state index in [0.29, 0.717) is 6.54 Å². The maximum absolute atomic E-state index is 5.80. The predicted octanol–water partition coefficient (Wildman–Crippen LogP) is 3.01. The second-order valence-corrected chi connectivity index (χ2v) is 6.13. The van der Waals surface area contributed by atoms with Crippen molar-refractivity contribution in [2.75, 3.05) is 11.4 Å². The zero-order chi connectivity index (χ0) is 13.2. The molecule has 3 heteroatoms. The number of hydrogen-bond acceptors (Lipinski definition) is 3. The highest BCUT2D eigenvalue weighted by molar-refractivity contribution is 5.45. The SMILES string of the molecule is Cc1cc(CN)cc(N2CCCC2C2CCCC2)n1. The van der Waals surface area contributed by atoms with Crippen LogP contribution in [0.2, 0.25) is 0 Å². The summed E-state index contributed by atoms with van der Waals surface area (Å²) in [6, 6.07) is 5.02. The zero-order valence-corrected chi connectivity index (χ0v) is 11.9. The molecular weight excluding hydrogens is 234 g/mol. The molecule has 2 N–H and O–H groups in total. The molecule has 2 fully saturated rings. The topological polar surface area (TPSA) is 42.1 Å². The predicted molar refractivity (Wildman–Crippen MR) is 79.2 cm³/mol. The number of rotatable bonds is 3. The summed E-state index contributed by atoms with van der Waals surface area (Å²) < 4.78 is 0. The van der Waals surface area contributed by atoms with E-state index in [1.54, 1.807) is 0 Å². The summed E-state index contributed by atoms with van der Waals surface area (Å²) in [7, 11) is 0. The third-order valence-corrected chi connectivity index (χ3v) is 4.77. The number of nitrogens with zero attached hydrogens (tertiary/aromatic N) is 2. The molecule has 1 aromatic rings. The summed E-state index contributed by atoms with van der Waals surface area (Å²) in [6.07, 6.45) is 8.33. The molecule has 2 heterocycles. The molecule has 0 radical (unpaired) electrons. The Labute approximate surface area is 116 Å². The van der Waals surface area contributed by atoms with Gasteiger partial charge < -0.3 is 10.6 Å². The normalized spacial score (nSPS) is 24.3. The summed E-state index contributed by atoms with van der Waals surface area (Å²) >= 11 is 0. The van der Waals surface area contributed by atoms with E-state index in [0.717, 1.165) is 23.5 Å². The summed E-state index contributed by atoms with van der Waals surface area (Å²) in [5, 5.41) is 0. The lowest BCUT2D eigenvalue weighted by Crippen LogP contribution is -2.35. The van der Waals surface area contributed by atoms with Gasteiger partial charge in [0.1, 0.15) is 5.82 Å². The van der Waals surface area contributed by atoms with Gasteiger partial charge in [0.15, 0.2) is 0 Å². The molecule has 3 rings (SSSR count). The Kier molecular flexibility index (Phi) is 3.74. The Morgan fingerprint density at radius 1 is 1.21 bits per heavy atom. The number of aromatic nitrogens is 1. The highest BCUT2D eigenvalue weighted by Crippen LogP contribution is 2.37. The van der Waals surface area contributed by atoms with E-state index in [4.69, 9.17) is 10.7 Å². The van der Waals surface area contributed by atoms with Crippen molar-refractivity contribution in [1.29, 1.82) is 0 Å². The first-order valence-corrected chi connectivity index (χ1v) is 7.72. The number of hydrogen-bond donors (Lipinski definition) is 1. The van der Waals surface area contributed by atoms with Crippen molar-refractivity contribution in [3.05, 3.63) is 23.4 Å². The minimum absolute atomic E-state index is 0.609. The monoisotopic (exact) mass is 259 g/mol. The van der Waals surface area contributed by atoms with Crippen molar-refractivity contribution in [2.24, 2.45) is 11.7 Å². The summed E-state index contributed by atoms with van der Waals surface area (Å²) in [5.41, 5.74) is 8.10. The second-order valence-electron chi connectivity index (χ2n) is 6.13. The molecule has 1 saturated carbocycles. The maximum Gasteiger partial charge on any atom is 0.129 e. The molecule has 1 aromatic heterocycles. The van der Waals surface area contributed by atoms with Crippen LogP contribution in [0.4, 0.5) is 5.82 Å². The minimum atomic E-state index is 0.609. The molecule has 0 spiro atoms. The Hall–Kier alpha value is -1.09. The average molecular weight is 259 g/mol. The second kappa shape index (κ2) is 5.49. The Morgan fingerprint density at radius 2 is 2.00 bits per heavy atom. The van der Waals surface area contributed by atoms with Crippen molar-refractivity contribution in [3.8, 4) is 0 Å². The molecule has 1 aliphatic heterocycles. The zero-order valence-electron chi connectivity index (χ0n) is 11.9. The highest BCUT2D eigenvalue weighted by atomic mass is 15.2. The largest absolute Gasteiger partial charge is 0.353 e. The molecule has 104 valence electrons. The van der Waals surface area contributed by atoms with E-state index in [9.17, 15) is 0 Å². The first-order valence-electron chi connectivity index (χ1n) is 7.72. The molecule has 0 amide bonds. The van der Waals surface area contributed by atoms with Crippen LogP contribution in [-0.4, -0.2) is 17.6 Å². The fourth-order valence-electron chi connectivity index (χ4n) is 3.90. The van der Waals surface area contributed by atoms with Crippen molar-refractivity contribution in [3.63, 3.8) is 0 Å². The summed E-state index contributed by atoms with van der Waals surface area (Å²) in [5.74, 6) is 2.06. The molecule has 0 aromatic carbocycles. The van der Waals surface area contributed by atoms with Crippen LogP contribution in [0.5, 0.6) is 0 Å². The quantitative estimate of drug-likeness (QED) is 0.907. The molecule has 1 atom stereocenters. The van der Waals surface area contributed by atoms with Gasteiger partial charge in [-0.1, -0.05) is 12.8 Å². The Morgan fingerprint density at radius 3 is 2.74 bits per heavy atom. The average Bonchev–Trinajstić information content (AvgIpc) is 3.08. The van der Waals surface area contributed by atoms with Gasteiger partial charge in [-0.15, -0.1) is 0 Å². The van der Waals surface area contributed by atoms with E-state index in [2.05, 4.69) is 24.0 Å². The first kappa shape index (κ1) is 12.9. The molecule has 1 aliphatic carbocycles. The molecule has 3 nitrogen and oxygen atoms in total. The van der Waals surface area contributed by atoms with Crippen LogP contribution in [0, 0.1) is 12.8 Å². The minimum Gasteiger partial charge on any atom is -0.353 e. The lowest BCUT2D eigenvalue weighted by Gasteiger charge is -2.30. The molecular formula is C16H25N3. The van der Waals surface area contributed by atoms with Gasteiger partial charge in [0.25, 0.3) is 0 Å². The van der Waals surface area contributed by atoms with Crippen LogP contribution < -0.4 is 10.6 Å². The van der Waals surface area contributed by atoms with Crippen LogP contribution in [0.25, 0.3) is 0 Å². The fourth-order valence-corrected chi connectivity index (χ4v) is 3.90. The smallest absolute Gasteiger partial charge is 0.129 e. The van der Waals surface area contributed by atoms with Gasteiger partial charge in [-0.25, -0.2) is 4.98 Å². The van der Waals surface area contributed by atoms with Crippen molar-refractivity contribution < 1.29 is 0 Å². The number of nitrogens with two attached hydrogens (primary N) is 1. The third kappa shape index (κ3) is 2.62. The van der Waals surface area contributed by atoms with Crippen molar-refractivity contribution >= 4 is 5.82 Å². The number of aryl methyl sites for hydroxylation is 1. The van der Waals surface area contributed by atoms with E-state index < -0.39 is 0 Å². The van der Waals surface area contributed by atoms with Crippen molar-refractivity contribution in [1.82, 2.24) is 4.98 Å². The van der Waals surface area contributed by atoms with E-state index in [1.165, 1.54) is 50.6 Å². The summed E-state index contributed by atoms with van der Waals surface area (Å²) in [4.78, 5) is 7.31. The summed E-state index contributed by atoms with van der Waals surface area (Å²) in [6.45, 7) is 3.85. The van der Waals surface area contributed by atoms with Crippen LogP contribution in [0.15, 0.2) is 12.1 Å². The van der Waals surface area contributed by atoms with E-state index in [1.807, 2.05) is 0 Å². The number of pyridine rings is 1. The van der Waals surface area contributed by atoms with Gasteiger partial charge in [-0.3, -0.25) is 0 Å². The lowest BCUT2D eigenvalue weighted by atomic mass is 9.96. The lowest BCUT2D eigenvalue weighted by molar-refractivity contribution is 0.429. The molecule has 2 aliphatic rings. The molecule has 0 bridgehead atoms. The van der Waals surface area contributed by atoms with Crippen LogP contribution in [0.3, 0.4) is 0 Å². The van der Waals surface area contributed by atoms with Crippen LogP contribution in [0.1, 0.15) is 49.8 Å². The Balaban J connectivity index is 1.85. The van der Waals surface area contributed by atoms with E-state index in [-0.39, 0.29) is 0 Å². The van der Waals surface area contributed by atoms with Gasteiger partial charge in [-0.2, -0.15) is 0 Å². The van der Waals surface area contributed by atoms with Gasteiger partial charge in [0.05, 0.1) is 0 Å². The Bertz CT molecular complexity index is 438. The van der Waals surface area contributed by atoms with E-state index >= 15 is 0 Å². The molecule has 1 unspecified atom stereocenters. The van der Waals surface area contributed by atoms with Crippen LogP contribution in [-0.2, 0) is 6.54 Å². The van der Waals surface area contributed by atoms with Gasteiger partial charge in [-0.05, 0) is 56.2 Å². The van der Waals surface area contributed by atoms with Crippen molar-refractivity contribution in [2.45, 2.75) is 58.0 Å². The highest BCUT2D eigenvalue weighted by Gasteiger charge is 2.34. The van der Waals surface area contributed by atoms with Gasteiger partial charge in [0, 0.05) is 24.8 Å². The third-order valence-electron chi connectivity index (χ3n) is 4.77. The van der Waals surface area contributed by atoms with Crippen LogP contribution >= 0.6 is 0 Å². The number of anilines is 1. The van der Waals surface area contributed by atoms with Gasteiger partial charge in [0.2, 0.25) is 0 Å². The first-order chi connectivity index (χ1) is 9.28.